The molecule has 0 unspecified atom stereocenters. The third-order valence-electron chi connectivity index (χ3n) is 2.66. The fourth-order valence-electron chi connectivity index (χ4n) is 1.93. The second-order valence-corrected chi connectivity index (χ2v) is 5.52. The van der Waals surface area contributed by atoms with Crippen LogP contribution in [-0.4, -0.2) is 24.6 Å². The average Bonchev–Trinajstić information content (AvgIpc) is 2.27. The quantitative estimate of drug-likeness (QED) is 0.745. The van der Waals surface area contributed by atoms with Crippen LogP contribution in [0.4, 0.5) is 4.79 Å². The lowest BCUT2D eigenvalue weighted by molar-refractivity contribution is -0.106. The van der Waals surface area contributed by atoms with Crippen LogP contribution in [0.1, 0.15) is 52.9 Å². The lowest BCUT2D eigenvalue weighted by Crippen LogP contribution is -2.35. The van der Waals surface area contributed by atoms with E-state index in [0.29, 0.717) is 5.92 Å². The van der Waals surface area contributed by atoms with Crippen LogP contribution in [-0.2, 0) is 9.53 Å². The predicted molar refractivity (Wildman–Crippen MR) is 71.1 cm³/mol. The van der Waals surface area contributed by atoms with Crippen molar-refractivity contribution in [3.63, 3.8) is 0 Å². The van der Waals surface area contributed by atoms with Crippen molar-refractivity contribution in [2.45, 2.75) is 58.5 Å². The lowest BCUT2D eigenvalue weighted by atomic mass is 9.89. The van der Waals surface area contributed by atoms with Gasteiger partial charge in [0.2, 0.25) is 6.41 Å². The van der Waals surface area contributed by atoms with Crippen LogP contribution in [0.5, 0.6) is 0 Å². The van der Waals surface area contributed by atoms with Gasteiger partial charge in [0.15, 0.2) is 0 Å². The Morgan fingerprint density at radius 2 is 1.83 bits per heavy atom. The Hall–Kier alpha value is -1.26. The summed E-state index contributed by atoms with van der Waals surface area (Å²) in [7, 11) is 0. The SMILES string of the molecule is CC(C)(C)OC(=O)NCC1CCCCC1.NC=O. The maximum Gasteiger partial charge on any atom is 0.407 e. The molecule has 1 aliphatic rings. The third-order valence-corrected chi connectivity index (χ3v) is 2.66. The van der Waals surface area contributed by atoms with Gasteiger partial charge in [-0.1, -0.05) is 19.3 Å². The van der Waals surface area contributed by atoms with Gasteiger partial charge in [-0.25, -0.2) is 4.79 Å². The van der Waals surface area contributed by atoms with E-state index in [-0.39, 0.29) is 12.5 Å². The first kappa shape index (κ1) is 16.7. The summed E-state index contributed by atoms with van der Waals surface area (Å²) in [6.07, 6.45) is 6.42. The van der Waals surface area contributed by atoms with E-state index in [2.05, 4.69) is 11.1 Å². The molecule has 1 saturated carbocycles. The maximum absolute atomic E-state index is 11.4. The minimum absolute atomic E-state index is 0.250. The van der Waals surface area contributed by atoms with Gasteiger partial charge in [-0.3, -0.25) is 4.79 Å². The van der Waals surface area contributed by atoms with Crippen molar-refractivity contribution < 1.29 is 14.3 Å². The Morgan fingerprint density at radius 3 is 2.28 bits per heavy atom. The van der Waals surface area contributed by atoms with Crippen molar-refractivity contribution in [3.05, 3.63) is 0 Å². The summed E-state index contributed by atoms with van der Waals surface area (Å²) in [4.78, 5) is 20.0. The van der Waals surface area contributed by atoms with E-state index in [1.807, 2.05) is 20.8 Å². The number of ether oxygens (including phenoxy) is 1. The zero-order valence-corrected chi connectivity index (χ0v) is 11.7. The predicted octanol–water partition coefficient (Wildman–Crippen LogP) is 2.19. The Bertz CT molecular complexity index is 243. The zero-order chi connectivity index (χ0) is 14.0. The molecule has 0 bridgehead atoms. The van der Waals surface area contributed by atoms with E-state index in [9.17, 15) is 4.79 Å². The van der Waals surface area contributed by atoms with Crippen LogP contribution >= 0.6 is 0 Å². The van der Waals surface area contributed by atoms with Crippen LogP contribution in [0.25, 0.3) is 0 Å². The van der Waals surface area contributed by atoms with E-state index < -0.39 is 5.60 Å². The summed E-state index contributed by atoms with van der Waals surface area (Å²) in [6.45, 7) is 6.42. The summed E-state index contributed by atoms with van der Waals surface area (Å²) < 4.78 is 5.18. The number of alkyl carbamates (subject to hydrolysis) is 1. The molecular formula is C13H26N2O3. The second kappa shape index (κ2) is 8.78. The zero-order valence-electron chi connectivity index (χ0n) is 11.7. The van der Waals surface area contributed by atoms with Gasteiger partial charge < -0.3 is 15.8 Å². The third kappa shape index (κ3) is 9.93. The summed E-state index contributed by atoms with van der Waals surface area (Å²) >= 11 is 0. The minimum Gasteiger partial charge on any atom is -0.444 e. The van der Waals surface area contributed by atoms with Crippen molar-refractivity contribution in [1.29, 1.82) is 0 Å². The fourth-order valence-corrected chi connectivity index (χ4v) is 1.93. The molecular weight excluding hydrogens is 232 g/mol. The number of rotatable bonds is 2. The standard InChI is InChI=1S/C12H23NO2.CH3NO/c1-12(2,3)15-11(14)13-9-10-7-5-4-6-8-10;2-1-3/h10H,4-9H2,1-3H3,(H,13,14);1H,(H2,2,3). The molecule has 5 heteroatoms. The molecule has 0 saturated heterocycles. The van der Waals surface area contributed by atoms with Crippen molar-refractivity contribution in [1.82, 2.24) is 5.32 Å². The summed E-state index contributed by atoms with van der Waals surface area (Å²) in [5.74, 6) is 0.659. The van der Waals surface area contributed by atoms with E-state index in [0.717, 1.165) is 6.54 Å². The van der Waals surface area contributed by atoms with Crippen LogP contribution in [0, 0.1) is 5.92 Å². The lowest BCUT2D eigenvalue weighted by Gasteiger charge is -2.24. The molecule has 1 rings (SSSR count). The molecule has 2 amide bonds. The number of nitrogens with two attached hydrogens (primary N) is 1. The topological polar surface area (TPSA) is 81.4 Å². The number of carbonyl (C=O) groups excluding carboxylic acids is 2. The van der Waals surface area contributed by atoms with Crippen molar-refractivity contribution >= 4 is 12.5 Å². The Balaban J connectivity index is 0.000000873. The van der Waals surface area contributed by atoms with Crippen LogP contribution in [0.15, 0.2) is 0 Å². The molecule has 1 aliphatic carbocycles. The van der Waals surface area contributed by atoms with Gasteiger partial charge in [0.05, 0.1) is 0 Å². The average molecular weight is 258 g/mol. The number of primary amides is 1. The van der Waals surface area contributed by atoms with Crippen molar-refractivity contribution in [3.8, 4) is 0 Å². The molecule has 3 N–H and O–H groups in total. The first-order valence-electron chi connectivity index (χ1n) is 6.51. The smallest absolute Gasteiger partial charge is 0.407 e. The number of hydrogen-bond acceptors (Lipinski definition) is 3. The van der Waals surface area contributed by atoms with Gasteiger partial charge in [0.25, 0.3) is 0 Å². The summed E-state index contributed by atoms with van der Waals surface area (Å²) in [5.41, 5.74) is 3.77. The van der Waals surface area contributed by atoms with Gasteiger partial charge in [-0.2, -0.15) is 0 Å². The molecule has 0 atom stereocenters. The Kier molecular flexibility index (Phi) is 8.16. The highest BCUT2D eigenvalue weighted by Gasteiger charge is 2.18. The molecule has 0 spiro atoms. The van der Waals surface area contributed by atoms with Crippen LogP contribution < -0.4 is 11.1 Å². The molecule has 1 fully saturated rings. The molecule has 18 heavy (non-hydrogen) atoms. The van der Waals surface area contributed by atoms with E-state index in [4.69, 9.17) is 9.53 Å². The molecule has 0 heterocycles. The Morgan fingerprint density at radius 1 is 1.33 bits per heavy atom. The second-order valence-electron chi connectivity index (χ2n) is 5.52. The highest BCUT2D eigenvalue weighted by Crippen LogP contribution is 2.22. The van der Waals surface area contributed by atoms with Crippen LogP contribution in [0.2, 0.25) is 0 Å². The van der Waals surface area contributed by atoms with E-state index in [1.165, 1.54) is 32.1 Å². The first-order valence-corrected chi connectivity index (χ1v) is 6.51. The van der Waals surface area contributed by atoms with E-state index >= 15 is 0 Å². The largest absolute Gasteiger partial charge is 0.444 e. The van der Waals surface area contributed by atoms with Gasteiger partial charge in [0.1, 0.15) is 5.60 Å². The monoisotopic (exact) mass is 258 g/mol. The molecule has 5 nitrogen and oxygen atoms in total. The number of hydrogen-bond donors (Lipinski definition) is 2. The van der Waals surface area contributed by atoms with E-state index in [1.54, 1.807) is 0 Å². The molecule has 0 aliphatic heterocycles. The molecule has 0 aromatic heterocycles. The fraction of sp³-hybridized carbons (Fsp3) is 0.846. The van der Waals surface area contributed by atoms with Gasteiger partial charge in [0, 0.05) is 6.54 Å². The number of amides is 2. The van der Waals surface area contributed by atoms with Crippen molar-refractivity contribution in [2.75, 3.05) is 6.54 Å². The maximum atomic E-state index is 11.4. The number of nitrogens with one attached hydrogen (secondary N) is 1. The summed E-state index contributed by atoms with van der Waals surface area (Å²) in [5, 5.41) is 2.85. The van der Waals surface area contributed by atoms with Crippen molar-refractivity contribution in [2.24, 2.45) is 11.7 Å². The molecule has 0 radical (unpaired) electrons. The normalized spacial score (nSPS) is 16.2. The number of carbonyl (C=O) groups is 2. The van der Waals surface area contributed by atoms with Gasteiger partial charge in [-0.15, -0.1) is 0 Å². The first-order chi connectivity index (χ1) is 8.39. The summed E-state index contributed by atoms with van der Waals surface area (Å²) in [6, 6.07) is 0. The molecule has 0 aromatic rings. The minimum atomic E-state index is -0.392. The molecule has 0 aromatic carbocycles. The van der Waals surface area contributed by atoms with Gasteiger partial charge >= 0.3 is 6.09 Å². The molecule has 106 valence electrons. The van der Waals surface area contributed by atoms with Crippen LogP contribution in [0.3, 0.4) is 0 Å². The highest BCUT2D eigenvalue weighted by molar-refractivity contribution is 5.67. The van der Waals surface area contributed by atoms with Gasteiger partial charge in [-0.05, 0) is 39.5 Å². The highest BCUT2D eigenvalue weighted by atomic mass is 16.6. The Labute approximate surface area is 109 Å².